The summed E-state index contributed by atoms with van der Waals surface area (Å²) in [6.07, 6.45) is 0. The van der Waals surface area contributed by atoms with E-state index in [0.717, 1.165) is 0 Å². The zero-order valence-electron chi connectivity index (χ0n) is 11.6. The van der Waals surface area contributed by atoms with Crippen LogP contribution in [0.3, 0.4) is 0 Å². The SMILES string of the molecule is C/C(=N/Nc1cccc([N+](=O)[O-])c1)c1cccc([N+](=O)[O-])c1. The molecule has 22 heavy (non-hydrogen) atoms. The molecule has 2 rings (SSSR count). The fraction of sp³-hybridized carbons (Fsp3) is 0.0714. The first-order valence-electron chi connectivity index (χ1n) is 6.27. The van der Waals surface area contributed by atoms with E-state index < -0.39 is 9.85 Å². The van der Waals surface area contributed by atoms with Crippen LogP contribution in [0.4, 0.5) is 17.1 Å². The third-order valence-electron chi connectivity index (χ3n) is 2.88. The summed E-state index contributed by atoms with van der Waals surface area (Å²) in [5.41, 5.74) is 4.20. The predicted octanol–water partition coefficient (Wildman–Crippen LogP) is 3.34. The average molecular weight is 300 g/mol. The number of nitrogens with one attached hydrogen (secondary N) is 1. The van der Waals surface area contributed by atoms with Crippen LogP contribution in [0, 0.1) is 20.2 Å². The lowest BCUT2D eigenvalue weighted by Crippen LogP contribution is -2.01. The van der Waals surface area contributed by atoms with Gasteiger partial charge in [0, 0.05) is 29.8 Å². The van der Waals surface area contributed by atoms with Crippen molar-refractivity contribution in [2.24, 2.45) is 5.10 Å². The van der Waals surface area contributed by atoms with Crippen LogP contribution in [0.5, 0.6) is 0 Å². The highest BCUT2D eigenvalue weighted by Gasteiger charge is 2.08. The van der Waals surface area contributed by atoms with Crippen molar-refractivity contribution in [1.29, 1.82) is 0 Å². The minimum atomic E-state index is -0.498. The summed E-state index contributed by atoms with van der Waals surface area (Å²) in [5, 5.41) is 25.5. The monoisotopic (exact) mass is 300 g/mol. The Morgan fingerprint density at radius 1 is 1.00 bits per heavy atom. The van der Waals surface area contributed by atoms with Crippen LogP contribution in [0.1, 0.15) is 12.5 Å². The summed E-state index contributed by atoms with van der Waals surface area (Å²) in [6.45, 7) is 1.68. The predicted molar refractivity (Wildman–Crippen MR) is 82.0 cm³/mol. The molecule has 1 N–H and O–H groups in total. The van der Waals surface area contributed by atoms with Gasteiger partial charge in [0.2, 0.25) is 0 Å². The number of anilines is 1. The molecule has 0 aliphatic carbocycles. The van der Waals surface area contributed by atoms with Crippen LogP contribution in [0.2, 0.25) is 0 Å². The number of benzene rings is 2. The van der Waals surface area contributed by atoms with Crippen molar-refractivity contribution >= 4 is 22.8 Å². The van der Waals surface area contributed by atoms with Crippen molar-refractivity contribution in [3.8, 4) is 0 Å². The van der Waals surface area contributed by atoms with Gasteiger partial charge in [-0.1, -0.05) is 18.2 Å². The van der Waals surface area contributed by atoms with Gasteiger partial charge >= 0.3 is 0 Å². The molecule has 0 radical (unpaired) electrons. The molecular weight excluding hydrogens is 288 g/mol. The van der Waals surface area contributed by atoms with Gasteiger partial charge in [-0.05, 0) is 13.0 Å². The molecule has 0 fully saturated rings. The van der Waals surface area contributed by atoms with Crippen LogP contribution in [0.15, 0.2) is 53.6 Å². The minimum absolute atomic E-state index is 0.0256. The van der Waals surface area contributed by atoms with Crippen molar-refractivity contribution in [3.63, 3.8) is 0 Å². The van der Waals surface area contributed by atoms with Gasteiger partial charge in [0.25, 0.3) is 11.4 Å². The van der Waals surface area contributed by atoms with Crippen molar-refractivity contribution in [1.82, 2.24) is 0 Å². The zero-order valence-corrected chi connectivity index (χ0v) is 11.6. The minimum Gasteiger partial charge on any atom is -0.278 e. The summed E-state index contributed by atoms with van der Waals surface area (Å²) >= 11 is 0. The lowest BCUT2D eigenvalue weighted by atomic mass is 10.1. The third kappa shape index (κ3) is 3.63. The molecule has 8 nitrogen and oxygen atoms in total. The number of nitro benzene ring substituents is 2. The number of nitrogens with zero attached hydrogens (tertiary/aromatic N) is 3. The van der Waals surface area contributed by atoms with Crippen LogP contribution < -0.4 is 5.43 Å². The molecule has 0 spiro atoms. The Morgan fingerprint density at radius 2 is 1.59 bits per heavy atom. The second-order valence-corrected chi connectivity index (χ2v) is 4.42. The Balaban J connectivity index is 2.19. The Kier molecular flexibility index (Phi) is 4.42. The van der Waals surface area contributed by atoms with E-state index in [9.17, 15) is 20.2 Å². The molecule has 0 aliphatic rings. The van der Waals surface area contributed by atoms with Crippen molar-refractivity contribution in [2.45, 2.75) is 6.92 Å². The first-order chi connectivity index (χ1) is 10.5. The Labute approximate surface area is 125 Å². The maximum Gasteiger partial charge on any atom is 0.271 e. The molecule has 0 saturated carbocycles. The fourth-order valence-corrected chi connectivity index (χ4v) is 1.75. The van der Waals surface area contributed by atoms with E-state index in [1.807, 2.05) is 0 Å². The second kappa shape index (κ2) is 6.44. The Hall–Kier alpha value is -3.29. The van der Waals surface area contributed by atoms with E-state index in [-0.39, 0.29) is 11.4 Å². The Morgan fingerprint density at radius 3 is 2.23 bits per heavy atom. The van der Waals surface area contributed by atoms with Crippen molar-refractivity contribution in [2.75, 3.05) is 5.43 Å². The smallest absolute Gasteiger partial charge is 0.271 e. The van der Waals surface area contributed by atoms with E-state index in [1.165, 1.54) is 24.3 Å². The Bertz CT molecular complexity index is 758. The maximum atomic E-state index is 10.7. The topological polar surface area (TPSA) is 111 Å². The standard InChI is InChI=1S/C14H12N4O4/c1-10(11-4-2-6-13(8-11)17(19)20)15-16-12-5-3-7-14(9-12)18(21)22/h2-9,16H,1H3/b15-10-. The number of hydrogen-bond donors (Lipinski definition) is 1. The molecule has 2 aromatic rings. The van der Waals surface area contributed by atoms with Gasteiger partial charge in [-0.2, -0.15) is 5.10 Å². The molecular formula is C14H12N4O4. The highest BCUT2D eigenvalue weighted by molar-refractivity contribution is 5.99. The molecule has 0 aromatic heterocycles. The number of non-ortho nitro benzene ring substituents is 2. The summed E-state index contributed by atoms with van der Waals surface area (Å²) in [5.74, 6) is 0. The van der Waals surface area contributed by atoms with Gasteiger partial charge in [0.15, 0.2) is 0 Å². The molecule has 0 aliphatic heterocycles. The number of hydrazone groups is 1. The van der Waals surface area contributed by atoms with E-state index in [1.54, 1.807) is 31.2 Å². The molecule has 0 amide bonds. The zero-order chi connectivity index (χ0) is 16.1. The van der Waals surface area contributed by atoms with Crippen molar-refractivity contribution in [3.05, 3.63) is 74.3 Å². The van der Waals surface area contributed by atoms with Crippen LogP contribution in [-0.4, -0.2) is 15.6 Å². The van der Waals surface area contributed by atoms with E-state index in [2.05, 4.69) is 10.5 Å². The first-order valence-corrected chi connectivity index (χ1v) is 6.27. The number of nitro groups is 2. The third-order valence-corrected chi connectivity index (χ3v) is 2.88. The number of hydrogen-bond acceptors (Lipinski definition) is 6. The number of rotatable bonds is 5. The summed E-state index contributed by atoms with van der Waals surface area (Å²) in [6, 6.07) is 12.0. The lowest BCUT2D eigenvalue weighted by Gasteiger charge is -2.03. The maximum absolute atomic E-state index is 10.7. The van der Waals surface area contributed by atoms with Crippen molar-refractivity contribution < 1.29 is 9.85 Å². The quantitative estimate of drug-likeness (QED) is 0.517. The van der Waals surface area contributed by atoms with E-state index in [0.29, 0.717) is 17.0 Å². The largest absolute Gasteiger partial charge is 0.278 e. The average Bonchev–Trinajstić information content (AvgIpc) is 2.53. The fourth-order valence-electron chi connectivity index (χ4n) is 1.75. The highest BCUT2D eigenvalue weighted by Crippen LogP contribution is 2.18. The molecule has 0 heterocycles. The summed E-state index contributed by atoms with van der Waals surface area (Å²) < 4.78 is 0. The van der Waals surface area contributed by atoms with Gasteiger partial charge in [-0.15, -0.1) is 0 Å². The van der Waals surface area contributed by atoms with Gasteiger partial charge in [0.1, 0.15) is 0 Å². The lowest BCUT2D eigenvalue weighted by molar-refractivity contribution is -0.385. The highest BCUT2D eigenvalue weighted by atomic mass is 16.6. The molecule has 8 heteroatoms. The molecule has 0 bridgehead atoms. The van der Waals surface area contributed by atoms with Gasteiger partial charge < -0.3 is 0 Å². The van der Waals surface area contributed by atoms with Gasteiger partial charge in [-0.25, -0.2) is 0 Å². The van der Waals surface area contributed by atoms with Crippen LogP contribution in [0.25, 0.3) is 0 Å². The first kappa shape index (κ1) is 15.1. The molecule has 2 aromatic carbocycles. The second-order valence-electron chi connectivity index (χ2n) is 4.42. The van der Waals surface area contributed by atoms with E-state index in [4.69, 9.17) is 0 Å². The van der Waals surface area contributed by atoms with Gasteiger partial charge in [-0.3, -0.25) is 25.7 Å². The molecule has 0 saturated heterocycles. The summed E-state index contributed by atoms with van der Waals surface area (Å²) in [7, 11) is 0. The summed E-state index contributed by atoms with van der Waals surface area (Å²) in [4.78, 5) is 20.5. The van der Waals surface area contributed by atoms with E-state index >= 15 is 0 Å². The van der Waals surface area contributed by atoms with Crippen LogP contribution in [-0.2, 0) is 0 Å². The molecule has 112 valence electrons. The normalized spacial score (nSPS) is 11.0. The van der Waals surface area contributed by atoms with Crippen LogP contribution >= 0.6 is 0 Å². The molecule has 0 atom stereocenters. The van der Waals surface area contributed by atoms with Gasteiger partial charge in [0.05, 0.1) is 21.2 Å². The molecule has 0 unspecified atom stereocenters.